The maximum absolute atomic E-state index is 12.5. The Morgan fingerprint density at radius 1 is 1.00 bits per heavy atom. The summed E-state index contributed by atoms with van der Waals surface area (Å²) in [4.78, 5) is 12.5. The molecule has 0 amide bonds. The lowest BCUT2D eigenvalue weighted by atomic mass is 9.47. The molecule has 4 aliphatic rings. The Hall–Kier alpha value is -1.51. The van der Waals surface area contributed by atoms with Crippen LogP contribution in [0.15, 0.2) is 34.9 Å². The van der Waals surface area contributed by atoms with E-state index in [1.807, 2.05) is 6.08 Å². The molecule has 3 saturated carbocycles. The van der Waals surface area contributed by atoms with Gasteiger partial charge < -0.3 is 9.47 Å². The molecule has 8 unspecified atom stereocenters. The summed E-state index contributed by atoms with van der Waals surface area (Å²) in [5.74, 6) is 5.11. The predicted octanol–water partition coefficient (Wildman–Crippen LogP) is 11.2. The molecule has 0 aromatic rings. The van der Waals surface area contributed by atoms with Crippen LogP contribution in [0.4, 0.5) is 4.79 Å². The van der Waals surface area contributed by atoms with Crippen molar-refractivity contribution in [1.29, 1.82) is 0 Å². The highest BCUT2D eigenvalue weighted by molar-refractivity contribution is 5.60. The van der Waals surface area contributed by atoms with Crippen LogP contribution in [-0.2, 0) is 9.47 Å². The molecule has 0 bridgehead atoms. The van der Waals surface area contributed by atoms with Crippen molar-refractivity contribution in [1.82, 2.24) is 0 Å². The lowest BCUT2D eigenvalue weighted by Gasteiger charge is -2.58. The SMILES string of the molecule is CC(C)=CCCC(C)=CCOC(=O)OC1CCC2(C)C(=CCC3C2CCC2(C)C(C(C)CCCC(C)C)CCC32)C1. The van der Waals surface area contributed by atoms with E-state index < -0.39 is 6.16 Å². The molecule has 0 radical (unpaired) electrons. The molecule has 4 rings (SSSR count). The second-order valence-corrected chi connectivity index (χ2v) is 15.7. The number of fused-ring (bicyclic) bond motifs is 5. The molecule has 0 aromatic heterocycles. The highest BCUT2D eigenvalue weighted by Gasteiger charge is 2.59. The van der Waals surface area contributed by atoms with Gasteiger partial charge in [0.2, 0.25) is 0 Å². The molecule has 3 nitrogen and oxygen atoms in total. The van der Waals surface area contributed by atoms with Crippen molar-refractivity contribution in [3.05, 3.63) is 34.9 Å². The fraction of sp³-hybridized carbons (Fsp3) is 0.816. The van der Waals surface area contributed by atoms with Gasteiger partial charge in [-0.05, 0) is 131 Å². The molecule has 4 aliphatic carbocycles. The van der Waals surface area contributed by atoms with Gasteiger partial charge in [-0.3, -0.25) is 0 Å². The fourth-order valence-electron chi connectivity index (χ4n) is 9.87. The van der Waals surface area contributed by atoms with Crippen molar-refractivity contribution < 1.29 is 14.3 Å². The van der Waals surface area contributed by atoms with Crippen molar-refractivity contribution in [2.75, 3.05) is 6.61 Å². The summed E-state index contributed by atoms with van der Waals surface area (Å²) in [6, 6.07) is 0. The zero-order chi connectivity index (χ0) is 29.8. The lowest BCUT2D eigenvalue weighted by molar-refractivity contribution is -0.0613. The minimum absolute atomic E-state index is 0.0440. The predicted molar refractivity (Wildman–Crippen MR) is 172 cm³/mol. The van der Waals surface area contributed by atoms with Gasteiger partial charge in [0, 0.05) is 6.42 Å². The van der Waals surface area contributed by atoms with Crippen LogP contribution in [0.25, 0.3) is 0 Å². The maximum atomic E-state index is 12.5. The summed E-state index contributed by atoms with van der Waals surface area (Å²) in [7, 11) is 0. The van der Waals surface area contributed by atoms with Crippen molar-refractivity contribution >= 4 is 6.16 Å². The van der Waals surface area contributed by atoms with E-state index in [-0.39, 0.29) is 11.5 Å². The number of rotatable bonds is 11. The zero-order valence-electron chi connectivity index (χ0n) is 27.9. The first kappa shape index (κ1) is 32.4. The highest BCUT2D eigenvalue weighted by atomic mass is 16.7. The molecule has 0 saturated heterocycles. The zero-order valence-corrected chi connectivity index (χ0v) is 27.9. The normalized spacial score (nSPS) is 35.6. The molecule has 8 atom stereocenters. The third-order valence-corrected chi connectivity index (χ3v) is 12.2. The Morgan fingerprint density at radius 3 is 2.51 bits per heavy atom. The molecule has 232 valence electrons. The number of hydrogen-bond acceptors (Lipinski definition) is 3. The molecule has 41 heavy (non-hydrogen) atoms. The number of carbonyl (C=O) groups excluding carboxylic acids is 1. The molecule has 3 heteroatoms. The van der Waals surface area contributed by atoms with E-state index in [9.17, 15) is 4.79 Å². The van der Waals surface area contributed by atoms with Crippen molar-refractivity contribution in [3.8, 4) is 0 Å². The highest BCUT2D eigenvalue weighted by Crippen LogP contribution is 2.67. The first-order valence-corrected chi connectivity index (χ1v) is 17.3. The average molecular weight is 567 g/mol. The van der Waals surface area contributed by atoms with E-state index >= 15 is 0 Å². The van der Waals surface area contributed by atoms with E-state index in [4.69, 9.17) is 9.47 Å². The Bertz CT molecular complexity index is 983. The van der Waals surface area contributed by atoms with Crippen LogP contribution in [0.5, 0.6) is 0 Å². The Balaban J connectivity index is 1.30. The second-order valence-electron chi connectivity index (χ2n) is 15.7. The van der Waals surface area contributed by atoms with Crippen LogP contribution in [0, 0.1) is 46.3 Å². The quantitative estimate of drug-likeness (QED) is 0.184. The van der Waals surface area contributed by atoms with Crippen LogP contribution in [0.1, 0.15) is 139 Å². The first-order chi connectivity index (χ1) is 19.4. The molecule has 0 heterocycles. The van der Waals surface area contributed by atoms with Gasteiger partial charge in [0.05, 0.1) is 0 Å². The van der Waals surface area contributed by atoms with E-state index in [1.165, 1.54) is 62.5 Å². The standard InChI is InChI=1S/C38H62O3/c1-26(2)11-9-13-28(5)21-24-40-36(39)41-31-19-22-37(7)30(25-31)15-16-32-34-18-17-33(29(6)14-10-12-27(3)4)38(34,8)23-20-35(32)37/h11,15,21,27,29,31-35H,9-10,12-14,16-20,22-25H2,1-8H3. The van der Waals surface area contributed by atoms with Gasteiger partial charge in [0.25, 0.3) is 0 Å². The summed E-state index contributed by atoms with van der Waals surface area (Å²) in [6.45, 7) is 19.2. The largest absolute Gasteiger partial charge is 0.508 e. The number of hydrogen-bond donors (Lipinski definition) is 0. The Kier molecular flexibility index (Phi) is 10.9. The number of allylic oxidation sites excluding steroid dienone is 4. The second kappa shape index (κ2) is 13.9. The molecular formula is C38H62O3. The average Bonchev–Trinajstić information content (AvgIpc) is 3.25. The summed E-state index contributed by atoms with van der Waals surface area (Å²) in [5.41, 5.74) is 4.97. The van der Waals surface area contributed by atoms with Gasteiger partial charge in [-0.15, -0.1) is 0 Å². The topological polar surface area (TPSA) is 35.5 Å². The van der Waals surface area contributed by atoms with Crippen LogP contribution >= 0.6 is 0 Å². The fourth-order valence-corrected chi connectivity index (χ4v) is 9.87. The van der Waals surface area contributed by atoms with Crippen LogP contribution in [0.3, 0.4) is 0 Å². The first-order valence-electron chi connectivity index (χ1n) is 17.3. The van der Waals surface area contributed by atoms with Gasteiger partial charge in [-0.1, -0.05) is 82.8 Å². The minimum atomic E-state index is -0.505. The number of carbonyl (C=O) groups is 1. The minimum Gasteiger partial charge on any atom is -0.431 e. The van der Waals surface area contributed by atoms with E-state index in [0.29, 0.717) is 12.0 Å². The van der Waals surface area contributed by atoms with Gasteiger partial charge in [0.1, 0.15) is 12.7 Å². The van der Waals surface area contributed by atoms with E-state index in [0.717, 1.165) is 67.6 Å². The molecule has 0 N–H and O–H groups in total. The third-order valence-electron chi connectivity index (χ3n) is 12.2. The van der Waals surface area contributed by atoms with Crippen LogP contribution in [0.2, 0.25) is 0 Å². The summed E-state index contributed by atoms with van der Waals surface area (Å²) >= 11 is 0. The van der Waals surface area contributed by atoms with Crippen molar-refractivity contribution in [2.24, 2.45) is 46.3 Å². The Morgan fingerprint density at radius 2 is 1.78 bits per heavy atom. The van der Waals surface area contributed by atoms with Gasteiger partial charge in [-0.2, -0.15) is 0 Å². The van der Waals surface area contributed by atoms with Gasteiger partial charge in [0.15, 0.2) is 0 Å². The molecule has 3 fully saturated rings. The van der Waals surface area contributed by atoms with Crippen molar-refractivity contribution in [2.45, 2.75) is 145 Å². The number of ether oxygens (including phenoxy) is 2. The third kappa shape index (κ3) is 7.53. The van der Waals surface area contributed by atoms with Crippen LogP contribution in [-0.4, -0.2) is 18.9 Å². The molecular weight excluding hydrogens is 504 g/mol. The van der Waals surface area contributed by atoms with Gasteiger partial charge in [-0.25, -0.2) is 4.79 Å². The molecule has 0 aliphatic heterocycles. The smallest absolute Gasteiger partial charge is 0.431 e. The molecule has 0 aromatic carbocycles. The van der Waals surface area contributed by atoms with Crippen molar-refractivity contribution in [3.63, 3.8) is 0 Å². The van der Waals surface area contributed by atoms with Crippen LogP contribution < -0.4 is 0 Å². The monoisotopic (exact) mass is 566 g/mol. The maximum Gasteiger partial charge on any atom is 0.508 e. The molecule has 0 spiro atoms. The summed E-state index contributed by atoms with van der Waals surface area (Å²) < 4.78 is 11.3. The van der Waals surface area contributed by atoms with E-state index in [1.54, 1.807) is 5.57 Å². The summed E-state index contributed by atoms with van der Waals surface area (Å²) in [6.07, 6.45) is 22.4. The summed E-state index contributed by atoms with van der Waals surface area (Å²) in [5, 5.41) is 0. The Labute approximate surface area is 253 Å². The lowest BCUT2D eigenvalue weighted by Crippen LogP contribution is -2.51. The van der Waals surface area contributed by atoms with Gasteiger partial charge >= 0.3 is 6.16 Å². The van der Waals surface area contributed by atoms with E-state index in [2.05, 4.69) is 67.5 Å².